The number of hydrogen-bond donors (Lipinski definition) is 0. The van der Waals surface area contributed by atoms with Crippen molar-refractivity contribution in [1.29, 1.82) is 0 Å². The Morgan fingerprint density at radius 2 is 1.71 bits per heavy atom. The first kappa shape index (κ1) is 19.2. The molecule has 0 aliphatic heterocycles. The van der Waals surface area contributed by atoms with Crippen LogP contribution in [0.5, 0.6) is 0 Å². The van der Waals surface area contributed by atoms with Crippen LogP contribution in [0.2, 0.25) is 0 Å². The molecule has 0 amide bonds. The topological polar surface area (TPSA) is 9.23 Å². The van der Waals surface area contributed by atoms with Gasteiger partial charge in [0.2, 0.25) is 0 Å². The smallest absolute Gasteiger partial charge is 0.0716 e. The molecule has 1 aliphatic carbocycles. The zero-order chi connectivity index (χ0) is 17.0. The Morgan fingerprint density at radius 3 is 2.38 bits per heavy atom. The molecule has 1 nitrogen and oxygen atoms in total. The van der Waals surface area contributed by atoms with Gasteiger partial charge in [0.05, 0.1) is 6.61 Å². The van der Waals surface area contributed by atoms with Crippen LogP contribution in [0.25, 0.3) is 0 Å². The standard InChI is InChI=1S/C23H36O/c1-3-5-7-9-20-10-14-22(15-11-20)23-16-12-21(13-17-23)19-24-18-8-6-4-2/h7,9,12-13,16-17,20,22H,3-6,8,10-11,14-15,18-19H2,1-2H3/t20-,22-. The predicted molar refractivity (Wildman–Crippen MR) is 104 cm³/mol. The molecule has 1 aliphatic rings. The SMILES string of the molecule is CCCC=C[C@H]1CC[C@H](c2ccc(COCCCCC)cc2)CC1. The fourth-order valence-electron chi connectivity index (χ4n) is 3.63. The normalized spacial score (nSPS) is 21.4. The number of allylic oxidation sites excluding steroid dienone is 2. The first-order chi connectivity index (χ1) is 11.8. The second-order valence-corrected chi connectivity index (χ2v) is 7.33. The summed E-state index contributed by atoms with van der Waals surface area (Å²) in [5.41, 5.74) is 2.84. The zero-order valence-corrected chi connectivity index (χ0v) is 15.8. The quantitative estimate of drug-likeness (QED) is 0.331. The molecule has 0 radical (unpaired) electrons. The molecular weight excluding hydrogens is 292 g/mol. The zero-order valence-electron chi connectivity index (χ0n) is 15.8. The Labute approximate surface area is 149 Å². The highest BCUT2D eigenvalue weighted by Crippen LogP contribution is 2.36. The van der Waals surface area contributed by atoms with Crippen molar-refractivity contribution in [3.8, 4) is 0 Å². The third-order valence-corrected chi connectivity index (χ3v) is 5.25. The van der Waals surface area contributed by atoms with E-state index in [1.807, 2.05) is 0 Å². The van der Waals surface area contributed by atoms with Gasteiger partial charge in [0, 0.05) is 6.61 Å². The number of ether oxygens (including phenoxy) is 1. The van der Waals surface area contributed by atoms with E-state index in [1.165, 1.54) is 68.9 Å². The van der Waals surface area contributed by atoms with Gasteiger partial charge in [-0.1, -0.05) is 69.5 Å². The third-order valence-electron chi connectivity index (χ3n) is 5.25. The van der Waals surface area contributed by atoms with Crippen molar-refractivity contribution in [1.82, 2.24) is 0 Å². The Balaban J connectivity index is 1.72. The summed E-state index contributed by atoms with van der Waals surface area (Å²) in [5.74, 6) is 1.59. The summed E-state index contributed by atoms with van der Waals surface area (Å²) in [7, 11) is 0. The molecule has 134 valence electrons. The molecule has 1 saturated carbocycles. The largest absolute Gasteiger partial charge is 0.377 e. The highest BCUT2D eigenvalue weighted by atomic mass is 16.5. The van der Waals surface area contributed by atoms with E-state index in [-0.39, 0.29) is 0 Å². The van der Waals surface area contributed by atoms with E-state index in [4.69, 9.17) is 4.74 Å². The van der Waals surface area contributed by atoms with Gasteiger partial charge in [0.1, 0.15) is 0 Å². The summed E-state index contributed by atoms with van der Waals surface area (Å²) < 4.78 is 5.76. The summed E-state index contributed by atoms with van der Waals surface area (Å²) in [6.45, 7) is 6.14. The van der Waals surface area contributed by atoms with Gasteiger partial charge in [-0.2, -0.15) is 0 Å². The average Bonchev–Trinajstić information content (AvgIpc) is 2.63. The van der Waals surface area contributed by atoms with Crippen molar-refractivity contribution in [2.24, 2.45) is 5.92 Å². The first-order valence-corrected chi connectivity index (χ1v) is 10.2. The van der Waals surface area contributed by atoms with Crippen LogP contribution in [0, 0.1) is 5.92 Å². The Morgan fingerprint density at radius 1 is 0.958 bits per heavy atom. The number of unbranched alkanes of at least 4 members (excludes halogenated alkanes) is 3. The second-order valence-electron chi connectivity index (χ2n) is 7.33. The summed E-state index contributed by atoms with van der Waals surface area (Å²) in [4.78, 5) is 0. The van der Waals surface area contributed by atoms with Gasteiger partial charge in [0.15, 0.2) is 0 Å². The van der Waals surface area contributed by atoms with Gasteiger partial charge < -0.3 is 4.74 Å². The molecule has 1 aromatic carbocycles. The molecule has 0 bridgehead atoms. The highest BCUT2D eigenvalue weighted by Gasteiger charge is 2.20. The van der Waals surface area contributed by atoms with Crippen LogP contribution < -0.4 is 0 Å². The van der Waals surface area contributed by atoms with E-state index in [0.717, 1.165) is 25.0 Å². The lowest BCUT2D eigenvalue weighted by molar-refractivity contribution is 0.117. The molecule has 1 aromatic rings. The second kappa shape index (κ2) is 11.5. The van der Waals surface area contributed by atoms with E-state index < -0.39 is 0 Å². The van der Waals surface area contributed by atoms with Gasteiger partial charge in [0.25, 0.3) is 0 Å². The lowest BCUT2D eigenvalue weighted by Crippen LogP contribution is -2.11. The number of hydrogen-bond acceptors (Lipinski definition) is 1. The van der Waals surface area contributed by atoms with Gasteiger partial charge in [-0.3, -0.25) is 0 Å². The molecule has 2 rings (SSSR count). The molecule has 0 unspecified atom stereocenters. The maximum atomic E-state index is 5.76. The van der Waals surface area contributed by atoms with Crippen LogP contribution in [0.4, 0.5) is 0 Å². The molecule has 1 heteroatoms. The highest BCUT2D eigenvalue weighted by molar-refractivity contribution is 5.25. The fourth-order valence-corrected chi connectivity index (χ4v) is 3.63. The minimum atomic E-state index is 0.763. The third kappa shape index (κ3) is 6.81. The molecule has 0 N–H and O–H groups in total. The molecular formula is C23H36O. The molecule has 0 aromatic heterocycles. The minimum Gasteiger partial charge on any atom is -0.377 e. The molecule has 24 heavy (non-hydrogen) atoms. The van der Waals surface area contributed by atoms with Crippen molar-refractivity contribution >= 4 is 0 Å². The van der Waals surface area contributed by atoms with Crippen molar-refractivity contribution in [2.75, 3.05) is 6.61 Å². The van der Waals surface area contributed by atoms with Crippen LogP contribution in [0.15, 0.2) is 36.4 Å². The Hall–Kier alpha value is -1.08. The molecule has 0 heterocycles. The van der Waals surface area contributed by atoms with E-state index >= 15 is 0 Å². The first-order valence-electron chi connectivity index (χ1n) is 10.2. The van der Waals surface area contributed by atoms with Gasteiger partial charge in [-0.05, 0) is 61.5 Å². The van der Waals surface area contributed by atoms with E-state index in [9.17, 15) is 0 Å². The lowest BCUT2D eigenvalue weighted by atomic mass is 9.78. The maximum absolute atomic E-state index is 5.76. The van der Waals surface area contributed by atoms with Crippen molar-refractivity contribution in [3.05, 3.63) is 47.5 Å². The summed E-state index contributed by atoms with van der Waals surface area (Å²) in [5, 5.41) is 0. The van der Waals surface area contributed by atoms with Crippen LogP contribution in [0.3, 0.4) is 0 Å². The average molecular weight is 329 g/mol. The predicted octanol–water partition coefficient (Wildman–Crippen LogP) is 7.02. The lowest BCUT2D eigenvalue weighted by Gasteiger charge is -2.27. The Bertz CT molecular complexity index is 451. The number of rotatable bonds is 10. The van der Waals surface area contributed by atoms with Crippen LogP contribution >= 0.6 is 0 Å². The van der Waals surface area contributed by atoms with Crippen molar-refractivity contribution in [3.63, 3.8) is 0 Å². The van der Waals surface area contributed by atoms with Crippen LogP contribution in [-0.2, 0) is 11.3 Å². The van der Waals surface area contributed by atoms with E-state index in [2.05, 4.69) is 50.3 Å². The Kier molecular flexibility index (Phi) is 9.20. The fraction of sp³-hybridized carbons (Fsp3) is 0.652. The summed E-state index contributed by atoms with van der Waals surface area (Å²) in [6, 6.07) is 9.20. The van der Waals surface area contributed by atoms with E-state index in [0.29, 0.717) is 0 Å². The van der Waals surface area contributed by atoms with Crippen LogP contribution in [-0.4, -0.2) is 6.61 Å². The minimum absolute atomic E-state index is 0.763. The van der Waals surface area contributed by atoms with Gasteiger partial charge >= 0.3 is 0 Å². The van der Waals surface area contributed by atoms with Crippen molar-refractivity contribution < 1.29 is 4.74 Å². The van der Waals surface area contributed by atoms with Gasteiger partial charge in [-0.15, -0.1) is 0 Å². The van der Waals surface area contributed by atoms with Crippen molar-refractivity contribution in [2.45, 2.75) is 84.2 Å². The van der Waals surface area contributed by atoms with Crippen LogP contribution in [0.1, 0.15) is 88.7 Å². The molecule has 0 spiro atoms. The summed E-state index contributed by atoms with van der Waals surface area (Å²) >= 11 is 0. The maximum Gasteiger partial charge on any atom is 0.0716 e. The van der Waals surface area contributed by atoms with E-state index in [1.54, 1.807) is 0 Å². The molecule has 1 fully saturated rings. The monoisotopic (exact) mass is 328 g/mol. The molecule has 0 atom stereocenters. The summed E-state index contributed by atoms with van der Waals surface area (Å²) in [6.07, 6.45) is 16.5. The van der Waals surface area contributed by atoms with Gasteiger partial charge in [-0.25, -0.2) is 0 Å². The number of benzene rings is 1. The molecule has 0 saturated heterocycles.